The van der Waals surface area contributed by atoms with Gasteiger partial charge in [0.25, 0.3) is 0 Å². The Labute approximate surface area is 156 Å². The Morgan fingerprint density at radius 3 is 2.96 bits per heavy atom. The van der Waals surface area contributed by atoms with Crippen LogP contribution in [0.2, 0.25) is 0 Å². The highest BCUT2D eigenvalue weighted by Crippen LogP contribution is 2.23. The maximum atomic E-state index is 5.92. The molecular formula is C19H18N4O2S. The number of benzene rings is 2. The van der Waals surface area contributed by atoms with Gasteiger partial charge in [-0.2, -0.15) is 5.10 Å². The molecule has 0 saturated carbocycles. The van der Waals surface area contributed by atoms with E-state index in [1.807, 2.05) is 48.5 Å². The zero-order valence-corrected chi connectivity index (χ0v) is 15.0. The number of fused-ring (bicyclic) bond motifs is 1. The number of methoxy groups -OCH3 is 1. The average Bonchev–Trinajstić information content (AvgIpc) is 2.66. The van der Waals surface area contributed by atoms with E-state index in [9.17, 15) is 0 Å². The summed E-state index contributed by atoms with van der Waals surface area (Å²) in [6.07, 6.45) is 3.39. The molecule has 26 heavy (non-hydrogen) atoms. The molecule has 6 nitrogen and oxygen atoms in total. The van der Waals surface area contributed by atoms with Crippen LogP contribution in [-0.2, 0) is 6.61 Å². The van der Waals surface area contributed by atoms with Gasteiger partial charge in [0.1, 0.15) is 18.1 Å². The van der Waals surface area contributed by atoms with Crippen LogP contribution in [0, 0.1) is 0 Å². The largest absolute Gasteiger partial charge is 0.496 e. The van der Waals surface area contributed by atoms with Crippen molar-refractivity contribution in [3.8, 4) is 11.5 Å². The Bertz CT molecular complexity index is 959. The number of thiocarbonyl (C=S) groups is 1. The molecule has 0 fully saturated rings. The van der Waals surface area contributed by atoms with Gasteiger partial charge in [-0.25, -0.2) is 0 Å². The van der Waals surface area contributed by atoms with Crippen LogP contribution in [-0.4, -0.2) is 23.4 Å². The van der Waals surface area contributed by atoms with Crippen LogP contribution in [0.15, 0.2) is 59.8 Å². The van der Waals surface area contributed by atoms with E-state index < -0.39 is 0 Å². The zero-order chi connectivity index (χ0) is 18.4. The first-order valence-electron chi connectivity index (χ1n) is 7.89. The van der Waals surface area contributed by atoms with Crippen molar-refractivity contribution in [1.82, 2.24) is 10.4 Å². The summed E-state index contributed by atoms with van der Waals surface area (Å²) >= 11 is 4.71. The van der Waals surface area contributed by atoms with Crippen molar-refractivity contribution in [1.29, 1.82) is 0 Å². The van der Waals surface area contributed by atoms with Gasteiger partial charge >= 0.3 is 0 Å². The zero-order valence-electron chi connectivity index (χ0n) is 14.2. The summed E-state index contributed by atoms with van der Waals surface area (Å²) in [4.78, 5) is 4.34. The summed E-state index contributed by atoms with van der Waals surface area (Å²) in [6, 6.07) is 15.4. The Morgan fingerprint density at radius 1 is 1.27 bits per heavy atom. The fourth-order valence-electron chi connectivity index (χ4n) is 2.46. The van der Waals surface area contributed by atoms with Crippen molar-refractivity contribution in [2.75, 3.05) is 7.11 Å². The van der Waals surface area contributed by atoms with E-state index in [2.05, 4.69) is 15.5 Å². The third kappa shape index (κ3) is 4.46. The average molecular weight is 366 g/mol. The molecule has 0 spiro atoms. The number of ether oxygens (including phenoxy) is 2. The summed E-state index contributed by atoms with van der Waals surface area (Å²) in [5.41, 5.74) is 10.5. The topological polar surface area (TPSA) is 81.8 Å². The van der Waals surface area contributed by atoms with Crippen LogP contribution in [0.4, 0.5) is 0 Å². The van der Waals surface area contributed by atoms with Gasteiger partial charge in [0.05, 0.1) is 18.8 Å². The van der Waals surface area contributed by atoms with Crippen LogP contribution in [0.5, 0.6) is 11.5 Å². The SMILES string of the molecule is COc1ccc(C=NNC(N)=S)cc1COc1ccc2cccnc2c1. The second kappa shape index (κ2) is 8.26. The van der Waals surface area contributed by atoms with Crippen LogP contribution in [0.25, 0.3) is 10.9 Å². The molecule has 7 heteroatoms. The predicted octanol–water partition coefficient (Wildman–Crippen LogP) is 2.99. The third-order valence-electron chi connectivity index (χ3n) is 3.66. The van der Waals surface area contributed by atoms with Crippen LogP contribution < -0.4 is 20.6 Å². The molecule has 3 N–H and O–H groups in total. The van der Waals surface area contributed by atoms with Gasteiger partial charge in [-0.1, -0.05) is 6.07 Å². The third-order valence-corrected chi connectivity index (χ3v) is 3.76. The Kier molecular flexibility index (Phi) is 5.60. The summed E-state index contributed by atoms with van der Waals surface area (Å²) in [5.74, 6) is 1.48. The van der Waals surface area contributed by atoms with Crippen LogP contribution in [0.3, 0.4) is 0 Å². The van der Waals surface area contributed by atoms with Gasteiger partial charge in [0.2, 0.25) is 0 Å². The number of nitrogens with one attached hydrogen (secondary N) is 1. The fourth-order valence-corrected chi connectivity index (χ4v) is 2.51. The highest BCUT2D eigenvalue weighted by atomic mass is 32.1. The first kappa shape index (κ1) is 17.6. The monoisotopic (exact) mass is 366 g/mol. The van der Waals surface area contributed by atoms with E-state index in [-0.39, 0.29) is 5.11 Å². The smallest absolute Gasteiger partial charge is 0.184 e. The number of aromatic nitrogens is 1. The first-order valence-corrected chi connectivity index (χ1v) is 8.29. The van der Waals surface area contributed by atoms with E-state index >= 15 is 0 Å². The normalized spacial score (nSPS) is 10.8. The van der Waals surface area contributed by atoms with Gasteiger partial charge in [0.15, 0.2) is 5.11 Å². The second-order valence-corrected chi connectivity index (χ2v) is 5.89. The first-order chi connectivity index (χ1) is 12.7. The molecule has 132 valence electrons. The lowest BCUT2D eigenvalue weighted by atomic mass is 10.1. The lowest BCUT2D eigenvalue weighted by Gasteiger charge is -2.11. The van der Waals surface area contributed by atoms with Crippen LogP contribution in [0.1, 0.15) is 11.1 Å². The molecular weight excluding hydrogens is 348 g/mol. The number of nitrogens with zero attached hydrogens (tertiary/aromatic N) is 2. The van der Waals surface area contributed by atoms with E-state index in [0.29, 0.717) is 6.61 Å². The molecule has 0 radical (unpaired) electrons. The van der Waals surface area contributed by atoms with E-state index in [1.54, 1.807) is 19.5 Å². The van der Waals surface area contributed by atoms with Gasteiger partial charge in [-0.05, 0) is 54.2 Å². The molecule has 0 bridgehead atoms. The molecule has 0 amide bonds. The number of pyridine rings is 1. The minimum atomic E-state index is 0.114. The molecule has 0 saturated heterocycles. The van der Waals surface area contributed by atoms with E-state index in [0.717, 1.165) is 33.5 Å². The fraction of sp³-hybridized carbons (Fsp3) is 0.105. The minimum absolute atomic E-state index is 0.114. The molecule has 1 aromatic heterocycles. The Balaban J connectivity index is 1.76. The maximum absolute atomic E-state index is 5.92. The molecule has 2 aromatic carbocycles. The number of hydrazone groups is 1. The predicted molar refractivity (Wildman–Crippen MR) is 107 cm³/mol. The molecule has 0 unspecified atom stereocenters. The summed E-state index contributed by atoms with van der Waals surface area (Å²) < 4.78 is 11.3. The molecule has 0 aliphatic rings. The van der Waals surface area contributed by atoms with E-state index in [1.165, 1.54) is 0 Å². The van der Waals surface area contributed by atoms with Crippen molar-refractivity contribution < 1.29 is 9.47 Å². The van der Waals surface area contributed by atoms with Crippen molar-refractivity contribution >= 4 is 34.4 Å². The molecule has 0 aliphatic carbocycles. The number of rotatable bonds is 6. The van der Waals surface area contributed by atoms with Crippen molar-refractivity contribution in [2.24, 2.45) is 10.8 Å². The lowest BCUT2D eigenvalue weighted by Crippen LogP contribution is -2.24. The van der Waals surface area contributed by atoms with Gasteiger partial charge in [-0.15, -0.1) is 0 Å². The highest BCUT2D eigenvalue weighted by Gasteiger charge is 2.06. The highest BCUT2D eigenvalue weighted by molar-refractivity contribution is 7.80. The number of hydrogen-bond donors (Lipinski definition) is 2. The second-order valence-electron chi connectivity index (χ2n) is 5.45. The Morgan fingerprint density at radius 2 is 2.15 bits per heavy atom. The van der Waals surface area contributed by atoms with Crippen LogP contribution >= 0.6 is 12.2 Å². The maximum Gasteiger partial charge on any atom is 0.184 e. The molecule has 3 aromatic rings. The standard InChI is InChI=1S/C19H18N4O2S/c1-24-18-7-4-13(11-22-23-19(20)26)9-15(18)12-25-16-6-5-14-3-2-8-21-17(14)10-16/h2-11H,12H2,1H3,(H3,20,23,26). The van der Waals surface area contributed by atoms with Crippen molar-refractivity contribution in [3.63, 3.8) is 0 Å². The van der Waals surface area contributed by atoms with Gasteiger partial charge < -0.3 is 15.2 Å². The lowest BCUT2D eigenvalue weighted by molar-refractivity contribution is 0.297. The summed E-state index contributed by atoms with van der Waals surface area (Å²) in [7, 11) is 1.63. The molecule has 1 heterocycles. The minimum Gasteiger partial charge on any atom is -0.496 e. The van der Waals surface area contributed by atoms with Crippen molar-refractivity contribution in [2.45, 2.75) is 6.61 Å². The van der Waals surface area contributed by atoms with Crippen molar-refractivity contribution in [3.05, 3.63) is 65.9 Å². The summed E-state index contributed by atoms with van der Waals surface area (Å²) in [6.45, 7) is 0.353. The summed E-state index contributed by atoms with van der Waals surface area (Å²) in [5, 5.41) is 5.14. The number of nitrogens with two attached hydrogens (primary N) is 1. The Hall–Kier alpha value is -3.19. The van der Waals surface area contributed by atoms with E-state index in [4.69, 9.17) is 27.4 Å². The molecule has 3 rings (SSSR count). The van der Waals surface area contributed by atoms with Gasteiger partial charge in [-0.3, -0.25) is 10.4 Å². The quantitative estimate of drug-likeness (QED) is 0.396. The molecule has 0 aliphatic heterocycles. The van der Waals surface area contributed by atoms with Gasteiger partial charge in [0, 0.05) is 23.2 Å². The number of hydrogen-bond acceptors (Lipinski definition) is 5. The molecule has 0 atom stereocenters.